The topological polar surface area (TPSA) is 75.3 Å². The Balaban J connectivity index is 1.82. The van der Waals surface area contributed by atoms with E-state index in [2.05, 4.69) is 10.0 Å². The minimum atomic E-state index is -3.88. The maximum absolute atomic E-state index is 12.9. The van der Waals surface area contributed by atoms with Gasteiger partial charge in [0.1, 0.15) is 0 Å². The summed E-state index contributed by atoms with van der Waals surface area (Å²) in [6.07, 6.45) is 2.99. The number of allylic oxidation sites excluding steroid dienone is 1. The third kappa shape index (κ3) is 2.70. The molecule has 0 spiro atoms. The van der Waals surface area contributed by atoms with E-state index in [0.29, 0.717) is 40.3 Å². The number of rotatable bonds is 3. The minimum Gasteiger partial charge on any atom is -0.321 e. The number of sulfonamides is 1. The van der Waals surface area contributed by atoms with Crippen molar-refractivity contribution in [3.05, 3.63) is 57.6 Å². The molecule has 4 rings (SSSR count). The van der Waals surface area contributed by atoms with Gasteiger partial charge in [-0.05, 0) is 48.7 Å². The third-order valence-corrected chi connectivity index (χ3v) is 6.25. The standard InChI is InChI=1S/C17H12Cl2N2O3S/c18-9-4-5-12(19)14(8-9)21-25(23,24)15-7-6-13-16-10(15)2-1-3-11(16)17(22)20-13/h3-8,21H,1-2H2,(H,20,22). The van der Waals surface area contributed by atoms with Crippen molar-refractivity contribution < 1.29 is 13.2 Å². The molecule has 2 N–H and O–H groups in total. The maximum atomic E-state index is 12.9. The van der Waals surface area contributed by atoms with Crippen LogP contribution in [0.1, 0.15) is 17.5 Å². The summed E-state index contributed by atoms with van der Waals surface area (Å²) >= 11 is 12.0. The van der Waals surface area contributed by atoms with Crippen molar-refractivity contribution in [2.45, 2.75) is 17.7 Å². The predicted molar refractivity (Wildman–Crippen MR) is 98.6 cm³/mol. The first-order valence-corrected chi connectivity index (χ1v) is 9.76. The van der Waals surface area contributed by atoms with Crippen LogP contribution in [-0.2, 0) is 21.2 Å². The number of hydrogen-bond acceptors (Lipinski definition) is 3. The van der Waals surface area contributed by atoms with Gasteiger partial charge in [0, 0.05) is 21.8 Å². The molecule has 1 amide bonds. The Kier molecular flexibility index (Phi) is 3.79. The van der Waals surface area contributed by atoms with Gasteiger partial charge in [-0.15, -0.1) is 0 Å². The summed E-state index contributed by atoms with van der Waals surface area (Å²) in [5, 5.41) is 3.39. The average molecular weight is 395 g/mol. The maximum Gasteiger partial charge on any atom is 0.262 e. The highest BCUT2D eigenvalue weighted by atomic mass is 35.5. The van der Waals surface area contributed by atoms with Gasteiger partial charge in [0.2, 0.25) is 0 Å². The number of anilines is 2. The van der Waals surface area contributed by atoms with Gasteiger partial charge in [0.05, 0.1) is 15.6 Å². The Hall–Kier alpha value is -2.02. The summed E-state index contributed by atoms with van der Waals surface area (Å²) < 4.78 is 28.3. The van der Waals surface area contributed by atoms with E-state index in [9.17, 15) is 13.2 Å². The molecule has 2 aromatic rings. The molecule has 0 bridgehead atoms. The molecular weight excluding hydrogens is 383 g/mol. The molecule has 1 aliphatic heterocycles. The highest BCUT2D eigenvalue weighted by Gasteiger charge is 2.33. The van der Waals surface area contributed by atoms with Gasteiger partial charge < -0.3 is 5.32 Å². The highest BCUT2D eigenvalue weighted by molar-refractivity contribution is 7.92. The van der Waals surface area contributed by atoms with Crippen molar-refractivity contribution in [1.29, 1.82) is 0 Å². The number of nitrogens with one attached hydrogen (secondary N) is 2. The predicted octanol–water partition coefficient (Wildman–Crippen LogP) is 4.08. The fourth-order valence-corrected chi connectivity index (χ4v) is 4.91. The Labute approximate surface area is 154 Å². The van der Waals surface area contributed by atoms with Crippen molar-refractivity contribution >= 4 is 56.1 Å². The third-order valence-electron chi connectivity index (χ3n) is 4.24. The number of benzene rings is 2. The summed E-state index contributed by atoms with van der Waals surface area (Å²) in [7, 11) is -3.88. The fraction of sp³-hybridized carbons (Fsp3) is 0.118. The fourth-order valence-electron chi connectivity index (χ4n) is 3.17. The first-order valence-electron chi connectivity index (χ1n) is 7.52. The van der Waals surface area contributed by atoms with Crippen molar-refractivity contribution in [2.75, 3.05) is 10.0 Å². The molecule has 25 heavy (non-hydrogen) atoms. The number of carbonyl (C=O) groups is 1. The van der Waals surface area contributed by atoms with Gasteiger partial charge in [-0.3, -0.25) is 9.52 Å². The first kappa shape index (κ1) is 16.4. The van der Waals surface area contributed by atoms with Crippen LogP contribution in [0, 0.1) is 0 Å². The van der Waals surface area contributed by atoms with Crippen molar-refractivity contribution in [1.82, 2.24) is 0 Å². The van der Waals surface area contributed by atoms with Gasteiger partial charge in [-0.2, -0.15) is 0 Å². The Morgan fingerprint density at radius 2 is 1.92 bits per heavy atom. The second-order valence-electron chi connectivity index (χ2n) is 5.81. The van der Waals surface area contributed by atoms with Gasteiger partial charge in [-0.25, -0.2) is 8.42 Å². The van der Waals surface area contributed by atoms with Crippen LogP contribution in [0.25, 0.3) is 5.57 Å². The van der Waals surface area contributed by atoms with E-state index in [4.69, 9.17) is 23.2 Å². The van der Waals surface area contributed by atoms with Crippen LogP contribution in [0.2, 0.25) is 10.0 Å². The largest absolute Gasteiger partial charge is 0.321 e. The van der Waals surface area contributed by atoms with Crippen LogP contribution in [0.15, 0.2) is 41.3 Å². The molecule has 5 nitrogen and oxygen atoms in total. The smallest absolute Gasteiger partial charge is 0.262 e. The van der Waals surface area contributed by atoms with Gasteiger partial charge >= 0.3 is 0 Å². The van der Waals surface area contributed by atoms with Gasteiger partial charge in [0.25, 0.3) is 15.9 Å². The molecule has 8 heteroatoms. The SMILES string of the molecule is O=C1Nc2ccc(S(=O)(=O)Nc3cc(Cl)ccc3Cl)c3c2C1=CCC3. The van der Waals surface area contributed by atoms with E-state index in [-0.39, 0.29) is 21.5 Å². The molecule has 0 fully saturated rings. The van der Waals surface area contributed by atoms with Gasteiger partial charge in [0.15, 0.2) is 0 Å². The molecule has 0 unspecified atom stereocenters. The van der Waals surface area contributed by atoms with E-state index in [1.165, 1.54) is 18.2 Å². The molecule has 0 aromatic heterocycles. The Morgan fingerprint density at radius 3 is 2.72 bits per heavy atom. The Bertz CT molecular complexity index is 1060. The molecule has 0 radical (unpaired) electrons. The second kappa shape index (κ2) is 5.76. The van der Waals surface area contributed by atoms with Crippen molar-refractivity contribution in [3.8, 4) is 0 Å². The molecule has 2 aliphatic rings. The zero-order valence-electron chi connectivity index (χ0n) is 12.8. The summed E-state index contributed by atoms with van der Waals surface area (Å²) in [6, 6.07) is 7.67. The highest BCUT2D eigenvalue weighted by Crippen LogP contribution is 2.41. The lowest BCUT2D eigenvalue weighted by molar-refractivity contribution is -0.110. The molecule has 2 aromatic carbocycles. The number of carbonyl (C=O) groups excluding carboxylic acids is 1. The summed E-state index contributed by atoms with van der Waals surface area (Å²) in [6.45, 7) is 0. The molecule has 1 heterocycles. The summed E-state index contributed by atoms with van der Waals surface area (Å²) in [5.41, 5.74) is 2.71. The lowest BCUT2D eigenvalue weighted by Crippen LogP contribution is -2.17. The zero-order valence-corrected chi connectivity index (χ0v) is 15.1. The monoisotopic (exact) mass is 394 g/mol. The minimum absolute atomic E-state index is 0.143. The molecule has 0 saturated carbocycles. The normalized spacial score (nSPS) is 15.4. The van der Waals surface area contributed by atoms with Crippen LogP contribution in [0.5, 0.6) is 0 Å². The lowest BCUT2D eigenvalue weighted by atomic mass is 9.91. The number of amides is 1. The molecule has 128 valence electrons. The van der Waals surface area contributed by atoms with E-state index < -0.39 is 10.0 Å². The quantitative estimate of drug-likeness (QED) is 0.823. The number of halogens is 2. The van der Waals surface area contributed by atoms with E-state index in [1.54, 1.807) is 12.1 Å². The zero-order chi connectivity index (χ0) is 17.8. The summed E-state index contributed by atoms with van der Waals surface area (Å²) in [4.78, 5) is 12.1. The molecule has 0 atom stereocenters. The van der Waals surface area contributed by atoms with Crippen molar-refractivity contribution in [3.63, 3.8) is 0 Å². The Morgan fingerprint density at radius 1 is 1.12 bits per heavy atom. The summed E-state index contributed by atoms with van der Waals surface area (Å²) in [5.74, 6) is -0.198. The average Bonchev–Trinajstić information content (AvgIpc) is 2.89. The van der Waals surface area contributed by atoms with Gasteiger partial charge in [-0.1, -0.05) is 29.3 Å². The van der Waals surface area contributed by atoms with E-state index in [0.717, 1.165) is 0 Å². The van der Waals surface area contributed by atoms with Crippen LogP contribution in [-0.4, -0.2) is 14.3 Å². The molecule has 0 saturated heterocycles. The molecule has 1 aliphatic carbocycles. The van der Waals surface area contributed by atoms with Crippen molar-refractivity contribution in [2.24, 2.45) is 0 Å². The number of hydrogen-bond donors (Lipinski definition) is 2. The van der Waals surface area contributed by atoms with E-state index in [1.807, 2.05) is 6.08 Å². The first-order chi connectivity index (χ1) is 11.9. The van der Waals surface area contributed by atoms with Crippen LogP contribution >= 0.6 is 23.2 Å². The molecular formula is C17H12Cl2N2O3S. The van der Waals surface area contributed by atoms with Crippen LogP contribution in [0.4, 0.5) is 11.4 Å². The van der Waals surface area contributed by atoms with Crippen LogP contribution < -0.4 is 10.0 Å². The second-order valence-corrected chi connectivity index (χ2v) is 8.30. The van der Waals surface area contributed by atoms with E-state index >= 15 is 0 Å². The van der Waals surface area contributed by atoms with Crippen LogP contribution in [0.3, 0.4) is 0 Å². The lowest BCUT2D eigenvalue weighted by Gasteiger charge is -2.18.